The lowest BCUT2D eigenvalue weighted by Gasteiger charge is -2.32. The zero-order valence-corrected chi connectivity index (χ0v) is 16.2. The van der Waals surface area contributed by atoms with Gasteiger partial charge in [0, 0.05) is 37.2 Å². The van der Waals surface area contributed by atoms with Crippen molar-refractivity contribution in [3.05, 3.63) is 23.4 Å². The van der Waals surface area contributed by atoms with Crippen LogP contribution in [-0.2, 0) is 4.79 Å². The Bertz CT molecular complexity index is 679. The Kier molecular flexibility index (Phi) is 6.31. The summed E-state index contributed by atoms with van der Waals surface area (Å²) < 4.78 is 0. The van der Waals surface area contributed by atoms with Gasteiger partial charge in [0.2, 0.25) is 5.91 Å². The standard InChI is InChI=1S/C20H31N5O2/c1-14(24-10-2-3-11-24)4-7-18(26)25-12-8-15(9-13-25)17-6-5-16(20(22)27)19(21)23-17/h5-6,14-15H,2-4,7-13H2,1H3,(H2,21,23)(H2,22,27). The fourth-order valence-corrected chi connectivity index (χ4v) is 4.21. The number of amides is 2. The summed E-state index contributed by atoms with van der Waals surface area (Å²) in [5.74, 6) is 0.155. The Morgan fingerprint density at radius 2 is 1.85 bits per heavy atom. The minimum atomic E-state index is -0.560. The molecule has 0 radical (unpaired) electrons. The Labute approximate surface area is 161 Å². The molecule has 7 nitrogen and oxygen atoms in total. The molecule has 0 saturated carbocycles. The fraction of sp³-hybridized carbons (Fsp3) is 0.650. The van der Waals surface area contributed by atoms with E-state index >= 15 is 0 Å². The molecule has 27 heavy (non-hydrogen) atoms. The number of nitrogens with zero attached hydrogens (tertiary/aromatic N) is 3. The number of anilines is 1. The summed E-state index contributed by atoms with van der Waals surface area (Å²) in [5.41, 5.74) is 12.3. The molecule has 3 heterocycles. The number of pyridine rings is 1. The number of hydrogen-bond donors (Lipinski definition) is 2. The molecule has 1 aromatic heterocycles. The van der Waals surface area contributed by atoms with E-state index in [9.17, 15) is 9.59 Å². The highest BCUT2D eigenvalue weighted by atomic mass is 16.2. The number of nitrogen functional groups attached to an aromatic ring is 1. The van der Waals surface area contributed by atoms with Gasteiger partial charge in [0.05, 0.1) is 5.56 Å². The molecular weight excluding hydrogens is 342 g/mol. The van der Waals surface area contributed by atoms with Crippen molar-refractivity contribution >= 4 is 17.6 Å². The molecule has 1 aromatic rings. The third kappa shape index (κ3) is 4.77. The lowest BCUT2D eigenvalue weighted by atomic mass is 9.92. The number of nitrogens with two attached hydrogens (primary N) is 2. The third-order valence-corrected chi connectivity index (χ3v) is 6.02. The first-order valence-electron chi connectivity index (χ1n) is 10.0. The molecule has 2 fully saturated rings. The third-order valence-electron chi connectivity index (χ3n) is 6.02. The van der Waals surface area contributed by atoms with E-state index in [1.807, 2.05) is 11.0 Å². The summed E-state index contributed by atoms with van der Waals surface area (Å²) in [6, 6.07) is 3.97. The monoisotopic (exact) mass is 373 g/mol. The summed E-state index contributed by atoms with van der Waals surface area (Å²) in [5, 5.41) is 0. The van der Waals surface area contributed by atoms with Crippen LogP contribution in [0.15, 0.2) is 12.1 Å². The van der Waals surface area contributed by atoms with Crippen LogP contribution >= 0.6 is 0 Å². The first-order valence-corrected chi connectivity index (χ1v) is 10.0. The van der Waals surface area contributed by atoms with Crippen LogP contribution < -0.4 is 11.5 Å². The lowest BCUT2D eigenvalue weighted by molar-refractivity contribution is -0.132. The molecule has 3 rings (SSSR count). The molecule has 4 N–H and O–H groups in total. The normalized spacial score (nSPS) is 20.0. The minimum absolute atomic E-state index is 0.189. The summed E-state index contributed by atoms with van der Waals surface area (Å²) in [4.78, 5) is 32.7. The van der Waals surface area contributed by atoms with Crippen molar-refractivity contribution in [1.82, 2.24) is 14.8 Å². The largest absolute Gasteiger partial charge is 0.383 e. The van der Waals surface area contributed by atoms with Gasteiger partial charge in [-0.05, 0) is 64.3 Å². The van der Waals surface area contributed by atoms with Gasteiger partial charge >= 0.3 is 0 Å². The topological polar surface area (TPSA) is 106 Å². The molecule has 0 bridgehead atoms. The van der Waals surface area contributed by atoms with Gasteiger partial charge in [-0.25, -0.2) is 4.98 Å². The van der Waals surface area contributed by atoms with Crippen LogP contribution in [0.2, 0.25) is 0 Å². The predicted molar refractivity (Wildman–Crippen MR) is 105 cm³/mol. The zero-order chi connectivity index (χ0) is 19.4. The Morgan fingerprint density at radius 1 is 1.19 bits per heavy atom. The molecule has 0 aromatic carbocycles. The number of rotatable bonds is 6. The maximum absolute atomic E-state index is 12.6. The summed E-state index contributed by atoms with van der Waals surface area (Å²) in [6.07, 6.45) is 5.87. The highest BCUT2D eigenvalue weighted by Gasteiger charge is 2.26. The molecule has 2 aliphatic rings. The van der Waals surface area contributed by atoms with Gasteiger partial charge in [-0.1, -0.05) is 0 Å². The van der Waals surface area contributed by atoms with E-state index in [1.54, 1.807) is 6.07 Å². The number of primary amides is 1. The lowest BCUT2D eigenvalue weighted by Crippen LogP contribution is -2.39. The molecule has 1 atom stereocenters. The maximum Gasteiger partial charge on any atom is 0.252 e. The second-order valence-electron chi connectivity index (χ2n) is 7.82. The molecule has 148 valence electrons. The molecule has 0 spiro atoms. The minimum Gasteiger partial charge on any atom is -0.383 e. The summed E-state index contributed by atoms with van der Waals surface area (Å²) >= 11 is 0. The van der Waals surface area contributed by atoms with E-state index in [0.29, 0.717) is 12.5 Å². The number of aromatic nitrogens is 1. The van der Waals surface area contributed by atoms with Gasteiger partial charge in [-0.15, -0.1) is 0 Å². The van der Waals surface area contributed by atoms with Crippen molar-refractivity contribution in [3.8, 4) is 0 Å². The van der Waals surface area contributed by atoms with Crippen molar-refractivity contribution in [2.45, 2.75) is 57.4 Å². The molecule has 2 amide bonds. The van der Waals surface area contributed by atoms with Crippen LogP contribution in [-0.4, -0.2) is 58.8 Å². The fourth-order valence-electron chi connectivity index (χ4n) is 4.21. The molecule has 0 aliphatic carbocycles. The van der Waals surface area contributed by atoms with Gasteiger partial charge in [-0.2, -0.15) is 0 Å². The van der Waals surface area contributed by atoms with E-state index in [1.165, 1.54) is 25.9 Å². The van der Waals surface area contributed by atoms with Crippen LogP contribution in [0.1, 0.15) is 67.4 Å². The van der Waals surface area contributed by atoms with Crippen molar-refractivity contribution in [2.24, 2.45) is 5.73 Å². The van der Waals surface area contributed by atoms with Gasteiger partial charge in [0.1, 0.15) is 5.82 Å². The van der Waals surface area contributed by atoms with Crippen LogP contribution in [0.4, 0.5) is 5.82 Å². The van der Waals surface area contributed by atoms with Crippen molar-refractivity contribution in [2.75, 3.05) is 31.9 Å². The molecule has 2 aliphatic heterocycles. The zero-order valence-electron chi connectivity index (χ0n) is 16.2. The Morgan fingerprint density at radius 3 is 2.44 bits per heavy atom. The number of hydrogen-bond acceptors (Lipinski definition) is 5. The number of likely N-dealkylation sites (tertiary alicyclic amines) is 2. The Balaban J connectivity index is 1.47. The van der Waals surface area contributed by atoms with Gasteiger partial charge in [0.25, 0.3) is 5.91 Å². The first kappa shape index (κ1) is 19.6. The number of carbonyl (C=O) groups excluding carboxylic acids is 2. The van der Waals surface area contributed by atoms with E-state index in [4.69, 9.17) is 11.5 Å². The average Bonchev–Trinajstić information content (AvgIpc) is 3.20. The summed E-state index contributed by atoms with van der Waals surface area (Å²) in [6.45, 7) is 6.08. The first-order chi connectivity index (χ1) is 13.0. The highest BCUT2D eigenvalue weighted by Crippen LogP contribution is 2.28. The van der Waals surface area contributed by atoms with E-state index in [0.717, 1.165) is 38.0 Å². The maximum atomic E-state index is 12.6. The van der Waals surface area contributed by atoms with E-state index < -0.39 is 5.91 Å². The van der Waals surface area contributed by atoms with Crippen LogP contribution in [0, 0.1) is 0 Å². The van der Waals surface area contributed by atoms with E-state index in [2.05, 4.69) is 16.8 Å². The molecular formula is C20H31N5O2. The number of carbonyl (C=O) groups is 2. The smallest absolute Gasteiger partial charge is 0.252 e. The predicted octanol–water partition coefficient (Wildman–Crippen LogP) is 1.73. The van der Waals surface area contributed by atoms with Crippen molar-refractivity contribution < 1.29 is 9.59 Å². The van der Waals surface area contributed by atoms with Crippen LogP contribution in [0.5, 0.6) is 0 Å². The van der Waals surface area contributed by atoms with Gasteiger partial charge < -0.3 is 21.3 Å². The summed E-state index contributed by atoms with van der Waals surface area (Å²) in [7, 11) is 0. The second kappa shape index (κ2) is 8.69. The Hall–Kier alpha value is -2.15. The van der Waals surface area contributed by atoms with Gasteiger partial charge in [0.15, 0.2) is 0 Å². The molecule has 1 unspecified atom stereocenters. The quantitative estimate of drug-likeness (QED) is 0.790. The van der Waals surface area contributed by atoms with Crippen molar-refractivity contribution in [1.29, 1.82) is 0 Å². The van der Waals surface area contributed by atoms with E-state index in [-0.39, 0.29) is 23.2 Å². The van der Waals surface area contributed by atoms with Crippen molar-refractivity contribution in [3.63, 3.8) is 0 Å². The van der Waals surface area contributed by atoms with Crippen LogP contribution in [0.25, 0.3) is 0 Å². The second-order valence-corrected chi connectivity index (χ2v) is 7.82. The number of piperidine rings is 1. The average molecular weight is 374 g/mol. The van der Waals surface area contributed by atoms with Gasteiger partial charge in [-0.3, -0.25) is 9.59 Å². The molecule has 2 saturated heterocycles. The van der Waals surface area contributed by atoms with Crippen LogP contribution in [0.3, 0.4) is 0 Å². The highest BCUT2D eigenvalue weighted by molar-refractivity contribution is 5.97. The SMILES string of the molecule is CC(CCC(=O)N1CCC(c2ccc(C(N)=O)c(N)n2)CC1)N1CCCC1. The molecule has 7 heteroatoms.